The van der Waals surface area contributed by atoms with Gasteiger partial charge < -0.3 is 9.47 Å². The molecule has 6 heteroatoms. The van der Waals surface area contributed by atoms with Crippen molar-refractivity contribution >= 4 is 0 Å². The van der Waals surface area contributed by atoms with Gasteiger partial charge in [0.15, 0.2) is 5.75 Å². The molecule has 0 amide bonds. The summed E-state index contributed by atoms with van der Waals surface area (Å²) in [5.74, 6) is 6.51. The van der Waals surface area contributed by atoms with Crippen LogP contribution >= 0.6 is 0 Å². The molecule has 0 spiro atoms. The fourth-order valence-corrected chi connectivity index (χ4v) is 2.98. The molecule has 1 heterocycles. The fraction of sp³-hybridized carbons (Fsp3) is 0.750. The topological polar surface area (TPSA) is 74.3 Å². The summed E-state index contributed by atoms with van der Waals surface area (Å²) in [6, 6.07) is -0.118. The van der Waals surface area contributed by atoms with Crippen LogP contribution in [0.3, 0.4) is 0 Å². The Labute approximate surface area is 107 Å². The standard InChI is InChI=1S/C12H22N4O2/c1-16-10(9(17-2)8-14-16)11(15-13)12(18-3)6-4-5-7-12/h8,11,15H,4-7,13H2,1-3H3. The Morgan fingerprint density at radius 3 is 2.61 bits per heavy atom. The maximum absolute atomic E-state index is 5.79. The van der Waals surface area contributed by atoms with E-state index in [1.165, 1.54) is 0 Å². The summed E-state index contributed by atoms with van der Waals surface area (Å²) in [7, 11) is 5.28. The molecule has 3 N–H and O–H groups in total. The first kappa shape index (κ1) is 13.3. The molecule has 2 rings (SSSR count). The number of aryl methyl sites for hydroxylation is 1. The number of methoxy groups -OCH3 is 2. The third-order valence-electron chi connectivity index (χ3n) is 3.99. The molecule has 1 atom stereocenters. The Kier molecular flexibility index (Phi) is 3.89. The minimum Gasteiger partial charge on any atom is -0.493 e. The smallest absolute Gasteiger partial charge is 0.161 e. The number of nitrogens with zero attached hydrogens (tertiary/aromatic N) is 2. The predicted molar refractivity (Wildman–Crippen MR) is 68.0 cm³/mol. The highest BCUT2D eigenvalue weighted by atomic mass is 16.5. The lowest BCUT2D eigenvalue weighted by Crippen LogP contribution is -2.47. The van der Waals surface area contributed by atoms with Crippen LogP contribution in [0, 0.1) is 0 Å². The SMILES string of the molecule is COc1cnn(C)c1C(NN)C1(OC)CCCC1. The number of hydrogen-bond acceptors (Lipinski definition) is 5. The van der Waals surface area contributed by atoms with Gasteiger partial charge >= 0.3 is 0 Å². The summed E-state index contributed by atoms with van der Waals surface area (Å²) in [5.41, 5.74) is 3.55. The van der Waals surface area contributed by atoms with Crippen molar-refractivity contribution in [2.75, 3.05) is 14.2 Å². The van der Waals surface area contributed by atoms with Gasteiger partial charge in [-0.05, 0) is 12.8 Å². The Bertz CT molecular complexity index is 399. The molecule has 1 aromatic rings. The molecule has 6 nitrogen and oxygen atoms in total. The van der Waals surface area contributed by atoms with E-state index in [2.05, 4.69) is 10.5 Å². The quantitative estimate of drug-likeness (QED) is 0.603. The van der Waals surface area contributed by atoms with E-state index in [0.29, 0.717) is 0 Å². The van der Waals surface area contributed by atoms with Crippen molar-refractivity contribution in [3.8, 4) is 5.75 Å². The lowest BCUT2D eigenvalue weighted by molar-refractivity contribution is -0.0394. The van der Waals surface area contributed by atoms with Gasteiger partial charge in [-0.1, -0.05) is 12.8 Å². The zero-order chi connectivity index (χ0) is 13.2. The van der Waals surface area contributed by atoms with Crippen LogP contribution in [0.15, 0.2) is 6.20 Å². The van der Waals surface area contributed by atoms with E-state index in [-0.39, 0.29) is 11.6 Å². The Balaban J connectivity index is 2.40. The molecule has 1 saturated carbocycles. The van der Waals surface area contributed by atoms with Crippen LogP contribution < -0.4 is 16.0 Å². The molecule has 0 bridgehead atoms. The van der Waals surface area contributed by atoms with Crippen molar-refractivity contribution in [1.82, 2.24) is 15.2 Å². The van der Waals surface area contributed by atoms with Crippen molar-refractivity contribution in [3.63, 3.8) is 0 Å². The largest absolute Gasteiger partial charge is 0.493 e. The molecule has 1 aliphatic rings. The van der Waals surface area contributed by atoms with E-state index in [1.807, 2.05) is 7.05 Å². The lowest BCUT2D eigenvalue weighted by atomic mass is 9.89. The molecular weight excluding hydrogens is 232 g/mol. The lowest BCUT2D eigenvalue weighted by Gasteiger charge is -2.36. The van der Waals surface area contributed by atoms with E-state index >= 15 is 0 Å². The Hall–Kier alpha value is -1.11. The second-order valence-corrected chi connectivity index (χ2v) is 4.80. The van der Waals surface area contributed by atoms with E-state index in [1.54, 1.807) is 25.1 Å². The summed E-state index contributed by atoms with van der Waals surface area (Å²) < 4.78 is 12.9. The van der Waals surface area contributed by atoms with Gasteiger partial charge in [-0.3, -0.25) is 10.5 Å². The zero-order valence-electron chi connectivity index (χ0n) is 11.3. The van der Waals surface area contributed by atoms with Crippen LogP contribution in [0.4, 0.5) is 0 Å². The van der Waals surface area contributed by atoms with Gasteiger partial charge in [0.05, 0.1) is 24.9 Å². The first-order chi connectivity index (χ1) is 8.68. The summed E-state index contributed by atoms with van der Waals surface area (Å²) >= 11 is 0. The van der Waals surface area contributed by atoms with Gasteiger partial charge in [0.2, 0.25) is 0 Å². The van der Waals surface area contributed by atoms with E-state index in [9.17, 15) is 0 Å². The van der Waals surface area contributed by atoms with Crippen molar-refractivity contribution < 1.29 is 9.47 Å². The molecule has 1 fully saturated rings. The van der Waals surface area contributed by atoms with Gasteiger partial charge in [-0.15, -0.1) is 0 Å². The predicted octanol–water partition coefficient (Wildman–Crippen LogP) is 0.892. The summed E-state index contributed by atoms with van der Waals surface area (Å²) in [4.78, 5) is 0. The minimum absolute atomic E-state index is 0.118. The molecule has 102 valence electrons. The monoisotopic (exact) mass is 254 g/mol. The molecular formula is C12H22N4O2. The summed E-state index contributed by atoms with van der Waals surface area (Å²) in [6.07, 6.45) is 6.01. The Morgan fingerprint density at radius 2 is 2.11 bits per heavy atom. The van der Waals surface area contributed by atoms with Crippen LogP contribution in [0.2, 0.25) is 0 Å². The van der Waals surface area contributed by atoms with Crippen molar-refractivity contribution in [1.29, 1.82) is 0 Å². The molecule has 18 heavy (non-hydrogen) atoms. The second kappa shape index (κ2) is 5.26. The van der Waals surface area contributed by atoms with Gasteiger partial charge in [0.25, 0.3) is 0 Å². The molecule has 1 unspecified atom stereocenters. The number of hydrazine groups is 1. The molecule has 1 aliphatic carbocycles. The van der Waals surface area contributed by atoms with E-state index in [4.69, 9.17) is 15.3 Å². The van der Waals surface area contributed by atoms with Crippen LogP contribution in [-0.4, -0.2) is 29.6 Å². The van der Waals surface area contributed by atoms with Crippen LogP contribution in [0.1, 0.15) is 37.4 Å². The van der Waals surface area contributed by atoms with E-state index in [0.717, 1.165) is 37.1 Å². The molecule has 0 aromatic carbocycles. The first-order valence-electron chi connectivity index (χ1n) is 6.25. The van der Waals surface area contributed by atoms with Gasteiger partial charge in [0, 0.05) is 14.2 Å². The van der Waals surface area contributed by atoms with Crippen molar-refractivity contribution in [2.24, 2.45) is 12.9 Å². The number of ether oxygens (including phenoxy) is 2. The van der Waals surface area contributed by atoms with Crippen LogP contribution in [-0.2, 0) is 11.8 Å². The minimum atomic E-state index is -0.268. The van der Waals surface area contributed by atoms with Crippen molar-refractivity contribution in [2.45, 2.75) is 37.3 Å². The second-order valence-electron chi connectivity index (χ2n) is 4.80. The van der Waals surface area contributed by atoms with Gasteiger partial charge in [-0.25, -0.2) is 5.43 Å². The number of nitrogens with one attached hydrogen (secondary N) is 1. The number of aromatic nitrogens is 2. The molecule has 1 aromatic heterocycles. The average molecular weight is 254 g/mol. The molecule has 0 saturated heterocycles. The van der Waals surface area contributed by atoms with Gasteiger partial charge in [-0.2, -0.15) is 5.10 Å². The summed E-state index contributed by atoms with van der Waals surface area (Å²) in [5, 5.41) is 4.23. The van der Waals surface area contributed by atoms with Crippen LogP contribution in [0.5, 0.6) is 5.75 Å². The maximum Gasteiger partial charge on any atom is 0.161 e. The molecule has 0 radical (unpaired) electrons. The fourth-order valence-electron chi connectivity index (χ4n) is 2.98. The van der Waals surface area contributed by atoms with Gasteiger partial charge in [0.1, 0.15) is 5.69 Å². The first-order valence-corrected chi connectivity index (χ1v) is 6.25. The third kappa shape index (κ3) is 2.00. The Morgan fingerprint density at radius 1 is 1.44 bits per heavy atom. The normalized spacial score (nSPS) is 20.0. The third-order valence-corrected chi connectivity index (χ3v) is 3.99. The van der Waals surface area contributed by atoms with Crippen molar-refractivity contribution in [3.05, 3.63) is 11.9 Å². The number of nitrogens with two attached hydrogens (primary N) is 1. The molecule has 0 aliphatic heterocycles. The highest BCUT2D eigenvalue weighted by molar-refractivity contribution is 5.30. The highest BCUT2D eigenvalue weighted by Crippen LogP contribution is 2.44. The van der Waals surface area contributed by atoms with E-state index < -0.39 is 0 Å². The van der Waals surface area contributed by atoms with Crippen LogP contribution in [0.25, 0.3) is 0 Å². The maximum atomic E-state index is 5.79. The summed E-state index contributed by atoms with van der Waals surface area (Å²) in [6.45, 7) is 0. The zero-order valence-corrected chi connectivity index (χ0v) is 11.3. The number of hydrogen-bond donors (Lipinski definition) is 2. The highest BCUT2D eigenvalue weighted by Gasteiger charge is 2.44. The average Bonchev–Trinajstić information content (AvgIpc) is 3.00. The number of rotatable bonds is 5.